The Labute approximate surface area is 691 Å². The number of phosphoric acid groups is 1. The number of carbonyl (C=O) groups is 4. The van der Waals surface area contributed by atoms with Crippen LogP contribution in [-0.4, -0.2) is 177 Å². The van der Waals surface area contributed by atoms with Gasteiger partial charge in [-0.3, -0.25) is 32.4 Å². The summed E-state index contributed by atoms with van der Waals surface area (Å²) in [5, 5.41) is 15.8. The van der Waals surface area contributed by atoms with E-state index in [4.69, 9.17) is 72.2 Å². The number of halogens is 5. The quantitative estimate of drug-likeness (QED) is 0.0239. The van der Waals surface area contributed by atoms with Crippen molar-refractivity contribution in [2.75, 3.05) is 46.8 Å². The molecule has 5 N–H and O–H groups in total. The van der Waals surface area contributed by atoms with Crippen molar-refractivity contribution in [2.45, 2.75) is 261 Å². The van der Waals surface area contributed by atoms with Crippen molar-refractivity contribution in [1.29, 1.82) is 0 Å². The van der Waals surface area contributed by atoms with Gasteiger partial charge in [-0.25, -0.2) is 65.8 Å². The standard InChI is InChI=1S/C39H53F2N8O9P.C33H40F2N8O6.C6H14ClO3P/c1-19(2)56-59(52,57-20(3)4)58-21(5)32-42-16-24(17-43-32)53-35-46-33-29(28-30(41)25(40)15-27(31(28)45-33)48(12)37(51)55-39(9,10)11)34(47-35)49-18-22-13-23(49)14-26(22)44-36(50)54-38(6,7)8;1-15(44)26-36-12-18(13-37-26)47-29-40-27-23(22-24(35)19(34)11-21(25(22)39-27)42(8)31(46)49-33(5,6)7)28(41-29)43-14-16-9-17(43)10-20(16)38-30(45)48-32(2,3)4;1-5(2)9-11(7,8)10-6(3)4/h15-17,19-23,26H,13-14,18H2,1-12H3,(H,44,50)(H,45,46,47);11-13,15-17,20,44H,9-10,14H2,1-8H3,(H,38,45)(H,39,40,41);5-6H,1-4H3/t21-,22-,23-,26-;15-,16-,17-,20-;/m11./s1. The molecule has 0 unspecified atom stereocenters. The van der Waals surface area contributed by atoms with Crippen LogP contribution in [0.25, 0.3) is 43.9 Å². The van der Waals surface area contributed by atoms with Crippen molar-refractivity contribution in [3.8, 4) is 23.5 Å². The number of phosphoric ester groups is 1. The highest BCUT2D eigenvalue weighted by molar-refractivity contribution is 7.81. The summed E-state index contributed by atoms with van der Waals surface area (Å²) in [5.41, 5.74) is -2.57. The maximum Gasteiger partial charge on any atom is 0.475 e. The van der Waals surface area contributed by atoms with E-state index in [0.717, 1.165) is 21.9 Å². The fraction of sp³-hybridized carbons (Fsp3) is 0.590. The second kappa shape index (κ2) is 35.9. The van der Waals surface area contributed by atoms with Crippen molar-refractivity contribution in [3.63, 3.8) is 0 Å². The van der Waals surface area contributed by atoms with Gasteiger partial charge in [0, 0.05) is 74.7 Å². The molecule has 4 aliphatic rings. The third kappa shape index (κ3) is 23.1. The van der Waals surface area contributed by atoms with E-state index < -0.39 is 109 Å². The van der Waals surface area contributed by atoms with E-state index in [-0.39, 0.29) is 150 Å². The van der Waals surface area contributed by atoms with Gasteiger partial charge in [-0.2, -0.15) is 19.9 Å². The molecule has 2 aliphatic carbocycles. The van der Waals surface area contributed by atoms with Gasteiger partial charge in [-0.15, -0.1) is 0 Å². The van der Waals surface area contributed by atoms with Crippen LogP contribution >= 0.6 is 26.0 Å². The monoisotopic (exact) mass is 1730 g/mol. The number of amides is 4. The van der Waals surface area contributed by atoms with E-state index in [0.29, 0.717) is 38.8 Å². The van der Waals surface area contributed by atoms with Gasteiger partial charge in [-0.1, -0.05) is 0 Å². The van der Waals surface area contributed by atoms with Gasteiger partial charge in [0.2, 0.25) is 0 Å². The number of rotatable bonds is 22. The van der Waals surface area contributed by atoms with Crippen molar-refractivity contribution in [2.24, 2.45) is 11.8 Å². The average molecular weight is 1730 g/mol. The zero-order valence-corrected chi connectivity index (χ0v) is 73.7. The molecule has 2 aliphatic heterocycles. The summed E-state index contributed by atoms with van der Waals surface area (Å²) in [6, 6.07) is 0.929. The van der Waals surface area contributed by atoms with E-state index in [1.165, 1.54) is 45.8 Å². The first-order chi connectivity index (χ1) is 55.1. The normalized spacial score (nSPS) is 18.7. The Morgan fingerprint density at radius 2 is 0.857 bits per heavy atom. The van der Waals surface area contributed by atoms with Crippen LogP contribution in [0.15, 0.2) is 36.9 Å². The lowest BCUT2D eigenvalue weighted by atomic mass is 10.0. The number of fused-ring (bicyclic) bond motifs is 10. The number of piperidine rings is 2. The van der Waals surface area contributed by atoms with Crippen LogP contribution in [0.1, 0.15) is 202 Å². The highest BCUT2D eigenvalue weighted by atomic mass is 35.7. The Kier molecular flexibility index (Phi) is 27.8. The number of aromatic amines is 2. The molecule has 8 atom stereocenters. The number of H-pyrrole nitrogens is 2. The van der Waals surface area contributed by atoms with Gasteiger partial charge in [0.15, 0.2) is 46.4 Å². The number of ether oxygens (including phenoxy) is 6. The molecule has 2 aromatic carbocycles. The SMILES string of the molecule is CC(C)OP(=O)(Cl)OC(C)C.CC(C)OP(=O)(OC(C)C)O[C@H](C)c1ncc(Oc2nc(N3C[C@H]4C[C@@H]3C[C@H]4NC(=O)OC(C)(C)C)c3c(n2)[nH]c2c(N(C)C(=O)OC(C)(C)C)cc(F)c(F)c23)cn1.C[C@@H](O)c1ncc(Oc2nc(N3C[C@H]4C[C@@H]3C[C@H]4NC(=O)OC(C)(C)C)c3c(n2)[nH]c2c(N(C)C(=O)OC(C)(C)C)cc(F)c(F)c23)cn1. The topological polar surface area (TPSA) is 396 Å². The lowest BCUT2D eigenvalue weighted by Gasteiger charge is -2.33. The number of nitrogens with one attached hydrogen (secondary N) is 4. The molecule has 0 spiro atoms. The number of alkyl carbamates (subject to hydrolysis) is 2. The molecule has 119 heavy (non-hydrogen) atoms. The summed E-state index contributed by atoms with van der Waals surface area (Å²) in [6.45, 7) is 35.4. The molecule has 2 saturated heterocycles. The average Bonchev–Trinajstić information content (AvgIpc) is 1.57. The fourth-order valence-corrected chi connectivity index (χ4v) is 17.7. The van der Waals surface area contributed by atoms with E-state index in [1.54, 1.807) is 145 Å². The number of aliphatic hydroxyl groups excluding tert-OH is 1. The van der Waals surface area contributed by atoms with Crippen LogP contribution in [0.5, 0.6) is 23.5 Å². The van der Waals surface area contributed by atoms with Crippen molar-refractivity contribution < 1.29 is 102 Å². The van der Waals surface area contributed by atoms with Crippen LogP contribution < -0.4 is 39.7 Å². The molecule has 41 heteroatoms. The van der Waals surface area contributed by atoms with E-state index in [9.17, 15) is 33.4 Å². The summed E-state index contributed by atoms with van der Waals surface area (Å²) >= 11 is 5.44. The zero-order valence-electron chi connectivity index (χ0n) is 71.2. The minimum atomic E-state index is -3.97. The molecule has 12 rings (SSSR count). The third-order valence-electron chi connectivity index (χ3n) is 18.3. The molecular formula is C78H107ClF4N16O18P2. The maximum absolute atomic E-state index is 16.1. The second-order valence-electron chi connectivity index (χ2n) is 34.6. The van der Waals surface area contributed by atoms with Crippen LogP contribution in [-0.2, 0) is 50.7 Å². The van der Waals surface area contributed by atoms with Crippen molar-refractivity contribution in [1.82, 2.24) is 60.5 Å². The number of hydrogen-bond donors (Lipinski definition) is 5. The number of carbonyl (C=O) groups excluding carboxylic acids is 4. The molecule has 8 aromatic rings. The number of nitrogens with zero attached hydrogens (tertiary/aromatic N) is 12. The largest absolute Gasteiger partial charge is 0.475 e. The molecule has 4 amide bonds. The Morgan fingerprint density at radius 3 is 1.17 bits per heavy atom. The van der Waals surface area contributed by atoms with Gasteiger partial charge < -0.3 is 63.9 Å². The third-order valence-corrected chi connectivity index (χ3v) is 22.1. The maximum atomic E-state index is 16.1. The first-order valence-corrected chi connectivity index (χ1v) is 42.9. The number of aliphatic hydroxyl groups is 1. The predicted molar refractivity (Wildman–Crippen MR) is 436 cm³/mol. The van der Waals surface area contributed by atoms with Crippen molar-refractivity contribution >= 4 is 117 Å². The summed E-state index contributed by atoms with van der Waals surface area (Å²) < 4.78 is 148. The van der Waals surface area contributed by atoms with Crippen LogP contribution in [0, 0.1) is 35.1 Å². The summed E-state index contributed by atoms with van der Waals surface area (Å²) in [4.78, 5) is 99.2. The molecule has 2 saturated carbocycles. The van der Waals surface area contributed by atoms with Gasteiger partial charge in [-0.05, 0) is 190 Å². The van der Waals surface area contributed by atoms with Crippen molar-refractivity contribution in [3.05, 3.63) is 71.8 Å². The lowest BCUT2D eigenvalue weighted by Crippen LogP contribution is -2.47. The molecule has 8 heterocycles. The number of hydrogen-bond acceptors (Lipinski definition) is 28. The molecule has 6 aromatic heterocycles. The minimum absolute atomic E-state index is 0.00611. The molecule has 4 bridgehead atoms. The highest BCUT2D eigenvalue weighted by Crippen LogP contribution is 2.57. The molecule has 652 valence electrons. The molecule has 4 fully saturated rings. The van der Waals surface area contributed by atoms with Gasteiger partial charge >= 0.3 is 51.2 Å². The van der Waals surface area contributed by atoms with E-state index in [1.807, 2.05) is 9.80 Å². The van der Waals surface area contributed by atoms with Gasteiger partial charge in [0.25, 0.3) is 0 Å². The number of anilines is 4. The molecule has 34 nitrogen and oxygen atoms in total. The van der Waals surface area contributed by atoms with Crippen LogP contribution in [0.4, 0.5) is 59.8 Å². The Morgan fingerprint density at radius 1 is 0.513 bits per heavy atom. The Bertz CT molecular complexity index is 5110. The minimum Gasteiger partial charge on any atom is -0.444 e. The Hall–Kier alpha value is -9.13. The van der Waals surface area contributed by atoms with Gasteiger partial charge in [0.05, 0.1) is 93.2 Å². The first-order valence-electron chi connectivity index (χ1n) is 39.0. The second-order valence-corrected chi connectivity index (χ2v) is 38.6. The van der Waals surface area contributed by atoms with Gasteiger partial charge in [0.1, 0.15) is 57.5 Å². The highest BCUT2D eigenvalue weighted by Gasteiger charge is 2.49. The predicted octanol–water partition coefficient (Wildman–Crippen LogP) is 17.9. The summed E-state index contributed by atoms with van der Waals surface area (Å²) in [5.74, 6) is -3.48. The lowest BCUT2D eigenvalue weighted by molar-refractivity contribution is 0.0477. The van der Waals surface area contributed by atoms with Crippen LogP contribution in [0.2, 0.25) is 0 Å². The molecular weight excluding hydrogens is 1620 g/mol. The summed E-state index contributed by atoms with van der Waals surface area (Å²) in [6.07, 6.45) is 2.30. The summed E-state index contributed by atoms with van der Waals surface area (Å²) in [7, 11) is -1.17. The first kappa shape index (κ1) is 92.2. The Balaban J connectivity index is 0.000000225. The smallest absolute Gasteiger partial charge is 0.444 e. The zero-order chi connectivity index (χ0) is 88.0. The number of aromatic nitrogens is 10. The van der Waals surface area contributed by atoms with Crippen LogP contribution in [0.3, 0.4) is 0 Å². The number of benzene rings is 2. The fourth-order valence-electron chi connectivity index (χ4n) is 14.0. The van der Waals surface area contributed by atoms with E-state index >= 15 is 17.6 Å². The molecule has 0 radical (unpaired) electrons. The van der Waals surface area contributed by atoms with E-state index in [2.05, 4.69) is 50.5 Å².